The van der Waals surface area contributed by atoms with Crippen molar-refractivity contribution in [3.05, 3.63) is 35.4 Å². The third-order valence-corrected chi connectivity index (χ3v) is 6.23. The molecule has 2 fully saturated rings. The number of hydrogen-bond donors (Lipinski definition) is 0. The molecular weight excluding hydrogens is 296 g/mol. The lowest BCUT2D eigenvalue weighted by Gasteiger charge is -2.44. The molecule has 1 aromatic rings. The van der Waals surface area contributed by atoms with Gasteiger partial charge in [0.15, 0.2) is 0 Å². The van der Waals surface area contributed by atoms with Gasteiger partial charge in [-0.05, 0) is 31.9 Å². The van der Waals surface area contributed by atoms with Crippen molar-refractivity contribution in [2.75, 3.05) is 25.4 Å². The minimum atomic E-state index is -0.118. The van der Waals surface area contributed by atoms with Gasteiger partial charge in [0.1, 0.15) is 0 Å². The summed E-state index contributed by atoms with van der Waals surface area (Å²) in [7, 11) is 0. The number of nitrogens with zero attached hydrogens (tertiary/aromatic N) is 2. The van der Waals surface area contributed by atoms with Gasteiger partial charge in [-0.15, -0.1) is 11.8 Å². The number of hydrogen-bond acceptors (Lipinski definition) is 3. The van der Waals surface area contributed by atoms with Crippen LogP contribution < -0.4 is 0 Å². The van der Waals surface area contributed by atoms with Crippen LogP contribution >= 0.6 is 11.8 Å². The number of benzene rings is 1. The molecule has 5 heteroatoms. The maximum atomic E-state index is 12.9. The van der Waals surface area contributed by atoms with E-state index < -0.39 is 0 Å². The predicted octanol–water partition coefficient (Wildman–Crippen LogP) is 2.52. The predicted molar refractivity (Wildman–Crippen MR) is 88.9 cm³/mol. The van der Waals surface area contributed by atoms with Gasteiger partial charge in [-0.2, -0.15) is 0 Å². The molecule has 0 aromatic heterocycles. The minimum absolute atomic E-state index is 0.118. The van der Waals surface area contributed by atoms with E-state index >= 15 is 0 Å². The molecule has 22 heavy (non-hydrogen) atoms. The topological polar surface area (TPSA) is 40.6 Å². The zero-order chi connectivity index (χ0) is 15.7. The highest BCUT2D eigenvalue weighted by Crippen LogP contribution is 2.44. The average Bonchev–Trinajstić information content (AvgIpc) is 2.90. The number of amides is 2. The van der Waals surface area contributed by atoms with E-state index in [1.165, 1.54) is 0 Å². The van der Waals surface area contributed by atoms with Crippen molar-refractivity contribution >= 4 is 23.6 Å². The Hall–Kier alpha value is -1.49. The SMILES string of the molecule is CC(=O)N1CCC2(CC1)SCCN2C(=O)c1cccc(C)c1. The molecule has 2 aliphatic heterocycles. The molecule has 4 nitrogen and oxygen atoms in total. The number of carbonyl (C=O) groups is 2. The van der Waals surface area contributed by atoms with Gasteiger partial charge in [0.05, 0.1) is 4.87 Å². The standard InChI is InChI=1S/C17H22N2O2S/c1-13-4-3-5-15(12-13)16(21)19-10-11-22-17(19)6-8-18(9-7-17)14(2)20/h3-5,12H,6-11H2,1-2H3. The normalized spacial score (nSPS) is 20.5. The molecule has 0 N–H and O–H groups in total. The highest BCUT2D eigenvalue weighted by atomic mass is 32.2. The van der Waals surface area contributed by atoms with Gasteiger partial charge in [-0.1, -0.05) is 17.7 Å². The summed E-state index contributed by atoms with van der Waals surface area (Å²) in [6.45, 7) is 5.93. The van der Waals surface area contributed by atoms with Gasteiger partial charge in [0.25, 0.3) is 5.91 Å². The summed E-state index contributed by atoms with van der Waals surface area (Å²) in [5.41, 5.74) is 1.88. The van der Waals surface area contributed by atoms with Crippen LogP contribution in [0.15, 0.2) is 24.3 Å². The highest BCUT2D eigenvalue weighted by molar-refractivity contribution is 8.00. The van der Waals surface area contributed by atoms with Gasteiger partial charge in [-0.3, -0.25) is 9.59 Å². The smallest absolute Gasteiger partial charge is 0.255 e. The second-order valence-corrected chi connectivity index (χ2v) is 7.58. The molecular formula is C17H22N2O2S. The van der Waals surface area contributed by atoms with Crippen LogP contribution in [0.5, 0.6) is 0 Å². The Morgan fingerprint density at radius 2 is 1.91 bits per heavy atom. The van der Waals surface area contributed by atoms with Gasteiger partial charge >= 0.3 is 0 Å². The molecule has 1 aromatic carbocycles. The Balaban J connectivity index is 1.79. The molecule has 2 saturated heterocycles. The number of carbonyl (C=O) groups excluding carboxylic acids is 2. The zero-order valence-corrected chi connectivity index (χ0v) is 14.0. The van der Waals surface area contributed by atoms with Crippen LogP contribution in [0.3, 0.4) is 0 Å². The van der Waals surface area contributed by atoms with Gasteiger partial charge in [-0.25, -0.2) is 0 Å². The molecule has 2 heterocycles. The van der Waals surface area contributed by atoms with Gasteiger partial charge in [0.2, 0.25) is 5.91 Å². The molecule has 0 bridgehead atoms. The number of aryl methyl sites for hydroxylation is 1. The fourth-order valence-electron chi connectivity index (χ4n) is 3.41. The maximum absolute atomic E-state index is 12.9. The first-order valence-corrected chi connectivity index (χ1v) is 8.78. The van der Waals surface area contributed by atoms with E-state index in [1.54, 1.807) is 6.92 Å². The fraction of sp³-hybridized carbons (Fsp3) is 0.529. The lowest BCUT2D eigenvalue weighted by atomic mass is 10.0. The Labute approximate surface area is 135 Å². The van der Waals surface area contributed by atoms with E-state index in [0.717, 1.165) is 49.4 Å². The van der Waals surface area contributed by atoms with Gasteiger partial charge < -0.3 is 9.80 Å². The van der Waals surface area contributed by atoms with Crippen LogP contribution in [0.25, 0.3) is 0 Å². The quantitative estimate of drug-likeness (QED) is 0.799. The summed E-state index contributed by atoms with van der Waals surface area (Å²) < 4.78 is 0. The number of likely N-dealkylation sites (tertiary alicyclic amines) is 1. The second-order valence-electron chi connectivity index (χ2n) is 6.13. The van der Waals surface area contributed by atoms with E-state index in [0.29, 0.717) is 0 Å². The second kappa shape index (κ2) is 5.95. The molecule has 1 spiro atoms. The summed E-state index contributed by atoms with van der Waals surface area (Å²) in [6, 6.07) is 7.81. The minimum Gasteiger partial charge on any atom is -0.343 e. The summed E-state index contributed by atoms with van der Waals surface area (Å²) in [4.78, 5) is 28.3. The largest absolute Gasteiger partial charge is 0.343 e. The molecule has 0 radical (unpaired) electrons. The van der Waals surface area contributed by atoms with E-state index in [1.807, 2.05) is 52.8 Å². The summed E-state index contributed by atoms with van der Waals surface area (Å²) in [5, 5.41) is 0. The summed E-state index contributed by atoms with van der Waals surface area (Å²) in [5.74, 6) is 1.25. The maximum Gasteiger partial charge on any atom is 0.255 e. The van der Waals surface area contributed by atoms with Crippen molar-refractivity contribution in [2.24, 2.45) is 0 Å². The average molecular weight is 318 g/mol. The van der Waals surface area contributed by atoms with Crippen LogP contribution in [0, 0.1) is 6.92 Å². The summed E-state index contributed by atoms with van der Waals surface area (Å²) >= 11 is 1.88. The lowest BCUT2D eigenvalue weighted by molar-refractivity contribution is -0.130. The third-order valence-electron chi connectivity index (χ3n) is 4.68. The number of piperidine rings is 1. The van der Waals surface area contributed by atoms with Crippen LogP contribution in [0.4, 0.5) is 0 Å². The molecule has 118 valence electrons. The first-order chi connectivity index (χ1) is 10.5. The Bertz CT molecular complexity index is 594. The van der Waals surface area contributed by atoms with Crippen molar-refractivity contribution in [3.63, 3.8) is 0 Å². The molecule has 2 aliphatic rings. The Morgan fingerprint density at radius 1 is 1.18 bits per heavy atom. The van der Waals surface area contributed by atoms with E-state index in [9.17, 15) is 9.59 Å². The van der Waals surface area contributed by atoms with Gasteiger partial charge in [0, 0.05) is 37.9 Å². The molecule has 3 rings (SSSR count). The monoisotopic (exact) mass is 318 g/mol. The number of rotatable bonds is 1. The molecule has 0 aliphatic carbocycles. The first-order valence-electron chi connectivity index (χ1n) is 7.80. The van der Waals surface area contributed by atoms with Crippen molar-refractivity contribution in [1.29, 1.82) is 0 Å². The molecule has 2 amide bonds. The number of thioether (sulfide) groups is 1. The van der Waals surface area contributed by atoms with Crippen molar-refractivity contribution in [3.8, 4) is 0 Å². The van der Waals surface area contributed by atoms with Crippen LogP contribution in [-0.4, -0.2) is 51.9 Å². The van der Waals surface area contributed by atoms with Crippen LogP contribution in [-0.2, 0) is 4.79 Å². The van der Waals surface area contributed by atoms with Crippen molar-refractivity contribution < 1.29 is 9.59 Å². The van der Waals surface area contributed by atoms with E-state index in [4.69, 9.17) is 0 Å². The van der Waals surface area contributed by atoms with E-state index in [-0.39, 0.29) is 16.7 Å². The van der Waals surface area contributed by atoms with Crippen LogP contribution in [0.1, 0.15) is 35.7 Å². The first kappa shape index (κ1) is 15.4. The molecule has 0 saturated carbocycles. The molecule has 0 unspecified atom stereocenters. The Kier molecular flexibility index (Phi) is 4.17. The fourth-order valence-corrected chi connectivity index (χ4v) is 4.87. The Morgan fingerprint density at radius 3 is 2.55 bits per heavy atom. The van der Waals surface area contributed by atoms with Crippen molar-refractivity contribution in [2.45, 2.75) is 31.6 Å². The zero-order valence-electron chi connectivity index (χ0n) is 13.2. The van der Waals surface area contributed by atoms with Crippen LogP contribution in [0.2, 0.25) is 0 Å². The summed E-state index contributed by atoms with van der Waals surface area (Å²) in [6.07, 6.45) is 1.74. The third kappa shape index (κ3) is 2.74. The molecule has 0 atom stereocenters. The highest BCUT2D eigenvalue weighted by Gasteiger charge is 2.46. The van der Waals surface area contributed by atoms with Crippen molar-refractivity contribution in [1.82, 2.24) is 9.80 Å². The van der Waals surface area contributed by atoms with E-state index in [2.05, 4.69) is 0 Å². The lowest BCUT2D eigenvalue weighted by Crippen LogP contribution is -2.53.